The first-order chi connectivity index (χ1) is 11.2. The predicted octanol–water partition coefficient (Wildman–Crippen LogP) is 2.69. The molecule has 4 rings (SSSR count). The van der Waals surface area contributed by atoms with Crippen LogP contribution >= 0.6 is 0 Å². The summed E-state index contributed by atoms with van der Waals surface area (Å²) in [6.07, 6.45) is 6.80. The van der Waals surface area contributed by atoms with Crippen molar-refractivity contribution in [1.82, 2.24) is 10.5 Å². The maximum Gasteiger partial charge on any atom is 0.256 e. The van der Waals surface area contributed by atoms with E-state index in [0.717, 1.165) is 30.5 Å². The molecule has 120 valence electrons. The van der Waals surface area contributed by atoms with E-state index in [1.165, 1.54) is 24.7 Å². The highest BCUT2D eigenvalue weighted by Crippen LogP contribution is 2.35. The van der Waals surface area contributed by atoms with Gasteiger partial charge in [0.15, 0.2) is 0 Å². The number of hydrogen-bond donors (Lipinski definition) is 2. The molecule has 0 saturated heterocycles. The molecule has 2 aliphatic rings. The summed E-state index contributed by atoms with van der Waals surface area (Å²) in [5, 5.41) is 7.16. The Bertz CT molecular complexity index is 719. The van der Waals surface area contributed by atoms with Gasteiger partial charge >= 0.3 is 0 Å². The van der Waals surface area contributed by atoms with Crippen LogP contribution in [0, 0.1) is 0 Å². The highest BCUT2D eigenvalue weighted by Gasteiger charge is 2.32. The van der Waals surface area contributed by atoms with Gasteiger partial charge in [0.25, 0.3) is 5.91 Å². The SMILES string of the molecule is N[C@@H]1c2ccccc2C[C@H]1NC(=O)c1conc1C1CCCC1. The van der Waals surface area contributed by atoms with E-state index in [-0.39, 0.29) is 18.0 Å². The number of amides is 1. The molecule has 23 heavy (non-hydrogen) atoms. The molecule has 1 aromatic carbocycles. The molecular weight excluding hydrogens is 290 g/mol. The van der Waals surface area contributed by atoms with E-state index in [9.17, 15) is 4.79 Å². The number of carbonyl (C=O) groups is 1. The predicted molar refractivity (Wildman–Crippen MR) is 86.0 cm³/mol. The Labute approximate surface area is 135 Å². The van der Waals surface area contributed by atoms with Crippen molar-refractivity contribution in [2.24, 2.45) is 5.73 Å². The molecule has 2 aromatic rings. The van der Waals surface area contributed by atoms with E-state index in [1.54, 1.807) is 0 Å². The van der Waals surface area contributed by atoms with E-state index < -0.39 is 0 Å². The molecule has 1 aromatic heterocycles. The van der Waals surface area contributed by atoms with Gasteiger partial charge in [-0.05, 0) is 30.4 Å². The van der Waals surface area contributed by atoms with Crippen molar-refractivity contribution in [3.8, 4) is 0 Å². The molecule has 2 atom stereocenters. The minimum atomic E-state index is -0.162. The Kier molecular flexibility index (Phi) is 3.65. The lowest BCUT2D eigenvalue weighted by atomic mass is 9.99. The van der Waals surface area contributed by atoms with Gasteiger partial charge in [0.2, 0.25) is 0 Å². The highest BCUT2D eigenvalue weighted by atomic mass is 16.5. The number of fused-ring (bicyclic) bond motifs is 1. The Morgan fingerprint density at radius 1 is 1.26 bits per heavy atom. The number of aromatic nitrogens is 1. The van der Waals surface area contributed by atoms with Gasteiger partial charge in [0.1, 0.15) is 11.8 Å². The van der Waals surface area contributed by atoms with E-state index in [4.69, 9.17) is 10.3 Å². The average Bonchev–Trinajstić information content (AvgIpc) is 3.28. The summed E-state index contributed by atoms with van der Waals surface area (Å²) in [4.78, 5) is 12.7. The van der Waals surface area contributed by atoms with Gasteiger partial charge in [-0.3, -0.25) is 4.79 Å². The van der Waals surface area contributed by atoms with Crippen molar-refractivity contribution < 1.29 is 9.32 Å². The van der Waals surface area contributed by atoms with Gasteiger partial charge in [-0.25, -0.2) is 0 Å². The summed E-state index contributed by atoms with van der Waals surface area (Å²) in [7, 11) is 0. The summed E-state index contributed by atoms with van der Waals surface area (Å²) in [6.45, 7) is 0. The number of nitrogens with two attached hydrogens (primary N) is 1. The Hall–Kier alpha value is -2.14. The van der Waals surface area contributed by atoms with Crippen LogP contribution < -0.4 is 11.1 Å². The fraction of sp³-hybridized carbons (Fsp3) is 0.444. The largest absolute Gasteiger partial charge is 0.364 e. The molecule has 0 bridgehead atoms. The fourth-order valence-corrected chi connectivity index (χ4v) is 3.92. The summed E-state index contributed by atoms with van der Waals surface area (Å²) >= 11 is 0. The topological polar surface area (TPSA) is 81.1 Å². The van der Waals surface area contributed by atoms with Crippen LogP contribution in [0.25, 0.3) is 0 Å². The van der Waals surface area contributed by atoms with Crippen molar-refractivity contribution in [2.45, 2.75) is 50.1 Å². The normalized spacial score (nSPS) is 23.9. The maximum atomic E-state index is 12.7. The molecule has 3 N–H and O–H groups in total. The standard InChI is InChI=1S/C18H21N3O2/c19-16-13-8-4-3-7-12(13)9-15(16)20-18(22)14-10-23-21-17(14)11-5-1-2-6-11/h3-4,7-8,10-11,15-16H,1-2,5-6,9,19H2,(H,20,22)/t15-,16-/m1/s1. The highest BCUT2D eigenvalue weighted by molar-refractivity contribution is 5.95. The Morgan fingerprint density at radius 2 is 2.04 bits per heavy atom. The third kappa shape index (κ3) is 2.55. The van der Waals surface area contributed by atoms with E-state index in [0.29, 0.717) is 11.5 Å². The van der Waals surface area contributed by atoms with Crippen LogP contribution in [0.3, 0.4) is 0 Å². The van der Waals surface area contributed by atoms with E-state index >= 15 is 0 Å². The monoisotopic (exact) mass is 311 g/mol. The van der Waals surface area contributed by atoms with Gasteiger partial charge in [0.05, 0.1) is 17.8 Å². The van der Waals surface area contributed by atoms with Gasteiger partial charge in [-0.15, -0.1) is 0 Å². The first kappa shape index (κ1) is 14.5. The van der Waals surface area contributed by atoms with Gasteiger partial charge in [-0.1, -0.05) is 42.3 Å². The molecule has 0 spiro atoms. The molecule has 1 amide bonds. The van der Waals surface area contributed by atoms with Crippen LogP contribution in [0.5, 0.6) is 0 Å². The zero-order chi connectivity index (χ0) is 15.8. The van der Waals surface area contributed by atoms with Gasteiger partial charge < -0.3 is 15.6 Å². The van der Waals surface area contributed by atoms with Gasteiger partial charge in [0, 0.05) is 5.92 Å². The minimum Gasteiger partial charge on any atom is -0.364 e. The number of hydrogen-bond acceptors (Lipinski definition) is 4. The van der Waals surface area contributed by atoms with Crippen molar-refractivity contribution in [2.75, 3.05) is 0 Å². The number of carbonyl (C=O) groups excluding carboxylic acids is 1. The van der Waals surface area contributed by atoms with Crippen molar-refractivity contribution in [3.05, 3.63) is 52.9 Å². The van der Waals surface area contributed by atoms with Crippen LogP contribution in [0.2, 0.25) is 0 Å². The molecule has 1 saturated carbocycles. The third-order valence-corrected chi connectivity index (χ3v) is 5.19. The van der Waals surface area contributed by atoms with Crippen LogP contribution in [-0.4, -0.2) is 17.1 Å². The second kappa shape index (κ2) is 5.81. The maximum absolute atomic E-state index is 12.7. The Balaban J connectivity index is 1.50. The van der Waals surface area contributed by atoms with Crippen LogP contribution in [0.15, 0.2) is 35.1 Å². The lowest BCUT2D eigenvalue weighted by Crippen LogP contribution is -2.40. The number of nitrogens with zero attached hydrogens (tertiary/aromatic N) is 1. The second-order valence-corrected chi connectivity index (χ2v) is 6.60. The number of rotatable bonds is 3. The molecule has 0 aliphatic heterocycles. The van der Waals surface area contributed by atoms with Crippen molar-refractivity contribution >= 4 is 5.91 Å². The van der Waals surface area contributed by atoms with E-state index in [1.807, 2.05) is 18.2 Å². The lowest BCUT2D eigenvalue weighted by Gasteiger charge is -2.18. The van der Waals surface area contributed by atoms with Crippen LogP contribution in [0.4, 0.5) is 0 Å². The minimum absolute atomic E-state index is 0.0776. The molecule has 1 heterocycles. The Morgan fingerprint density at radius 3 is 2.83 bits per heavy atom. The average molecular weight is 311 g/mol. The summed E-state index contributed by atoms with van der Waals surface area (Å²) in [5.41, 5.74) is 10.0. The molecule has 0 radical (unpaired) electrons. The molecular formula is C18H21N3O2. The fourth-order valence-electron chi connectivity index (χ4n) is 3.92. The molecule has 5 nitrogen and oxygen atoms in total. The quantitative estimate of drug-likeness (QED) is 0.913. The first-order valence-corrected chi connectivity index (χ1v) is 8.32. The zero-order valence-electron chi connectivity index (χ0n) is 13.0. The van der Waals surface area contributed by atoms with Gasteiger partial charge in [-0.2, -0.15) is 0 Å². The molecule has 2 aliphatic carbocycles. The summed E-state index contributed by atoms with van der Waals surface area (Å²) in [6, 6.07) is 7.87. The zero-order valence-corrected chi connectivity index (χ0v) is 13.0. The summed E-state index contributed by atoms with van der Waals surface area (Å²) < 4.78 is 5.09. The molecule has 1 fully saturated rings. The smallest absolute Gasteiger partial charge is 0.256 e. The van der Waals surface area contributed by atoms with Crippen molar-refractivity contribution in [3.63, 3.8) is 0 Å². The summed E-state index contributed by atoms with van der Waals surface area (Å²) in [5.74, 6) is 0.227. The van der Waals surface area contributed by atoms with E-state index in [2.05, 4.69) is 16.5 Å². The molecule has 5 heteroatoms. The van der Waals surface area contributed by atoms with Crippen molar-refractivity contribution in [1.29, 1.82) is 0 Å². The molecule has 0 unspecified atom stereocenters. The number of nitrogens with one attached hydrogen (secondary N) is 1. The van der Waals surface area contributed by atoms with Crippen LogP contribution in [0.1, 0.15) is 64.8 Å². The van der Waals surface area contributed by atoms with Crippen LogP contribution in [-0.2, 0) is 6.42 Å². The lowest BCUT2D eigenvalue weighted by molar-refractivity contribution is 0.0931. The third-order valence-electron chi connectivity index (χ3n) is 5.19. The first-order valence-electron chi connectivity index (χ1n) is 8.32. The second-order valence-electron chi connectivity index (χ2n) is 6.60. The number of benzene rings is 1.